The maximum absolute atomic E-state index is 13.9. The monoisotopic (exact) mass is 240 g/mol. The molecule has 2 nitrogen and oxygen atoms in total. The minimum Gasteiger partial charge on any atom is -0.396 e. The van der Waals surface area contributed by atoms with Crippen LogP contribution in [-0.2, 0) is 6.54 Å². The number of nitrogens with two attached hydrogens (primary N) is 1. The van der Waals surface area contributed by atoms with Crippen molar-refractivity contribution in [3.8, 4) is 0 Å². The van der Waals surface area contributed by atoms with Gasteiger partial charge in [-0.2, -0.15) is 0 Å². The molecule has 0 aliphatic carbocycles. The number of para-hydroxylation sites is 1. The molecule has 0 aliphatic rings. The molecule has 1 aromatic heterocycles. The van der Waals surface area contributed by atoms with Crippen LogP contribution in [0.2, 0.25) is 0 Å². The van der Waals surface area contributed by atoms with Gasteiger partial charge in [0.25, 0.3) is 0 Å². The molecule has 0 spiro atoms. The fourth-order valence-corrected chi connectivity index (χ4v) is 2.18. The topological polar surface area (TPSA) is 30.9 Å². The van der Waals surface area contributed by atoms with E-state index in [0.29, 0.717) is 12.1 Å². The molecule has 2 aromatic carbocycles. The zero-order valence-electron chi connectivity index (χ0n) is 9.81. The van der Waals surface area contributed by atoms with E-state index in [9.17, 15) is 4.39 Å². The summed E-state index contributed by atoms with van der Waals surface area (Å²) in [7, 11) is 0. The molecule has 0 amide bonds. The predicted octanol–water partition coefficient (Wildman–Crippen LogP) is 3.41. The molecule has 0 fully saturated rings. The van der Waals surface area contributed by atoms with Gasteiger partial charge in [-0.15, -0.1) is 0 Å². The molecule has 3 heteroatoms. The van der Waals surface area contributed by atoms with Gasteiger partial charge in [0.2, 0.25) is 0 Å². The lowest BCUT2D eigenvalue weighted by atomic mass is 10.2. The highest BCUT2D eigenvalue weighted by molar-refractivity contribution is 5.80. The van der Waals surface area contributed by atoms with Gasteiger partial charge in [0.05, 0.1) is 12.2 Å². The van der Waals surface area contributed by atoms with Crippen LogP contribution in [0.25, 0.3) is 10.9 Å². The maximum atomic E-state index is 13.9. The van der Waals surface area contributed by atoms with E-state index >= 15 is 0 Å². The SMILES string of the molecule is Nc1cccc(Cn2ccc3ccccc32)c1F. The molecule has 0 unspecified atom stereocenters. The Bertz CT molecular complexity index is 701. The van der Waals surface area contributed by atoms with E-state index in [1.165, 1.54) is 0 Å². The average Bonchev–Trinajstić information content (AvgIpc) is 2.79. The Morgan fingerprint density at radius 3 is 2.72 bits per heavy atom. The van der Waals surface area contributed by atoms with E-state index in [2.05, 4.69) is 0 Å². The first-order valence-electron chi connectivity index (χ1n) is 5.82. The summed E-state index contributed by atoms with van der Waals surface area (Å²) >= 11 is 0. The van der Waals surface area contributed by atoms with Crippen molar-refractivity contribution in [1.82, 2.24) is 4.57 Å². The van der Waals surface area contributed by atoms with Crippen molar-refractivity contribution >= 4 is 16.6 Å². The van der Waals surface area contributed by atoms with Crippen LogP contribution in [0.15, 0.2) is 54.7 Å². The van der Waals surface area contributed by atoms with Gasteiger partial charge in [0.15, 0.2) is 5.82 Å². The molecule has 1 heterocycles. The van der Waals surface area contributed by atoms with Crippen molar-refractivity contribution < 1.29 is 4.39 Å². The number of rotatable bonds is 2. The highest BCUT2D eigenvalue weighted by Crippen LogP contribution is 2.20. The van der Waals surface area contributed by atoms with E-state index in [0.717, 1.165) is 10.9 Å². The van der Waals surface area contributed by atoms with Gasteiger partial charge >= 0.3 is 0 Å². The highest BCUT2D eigenvalue weighted by atomic mass is 19.1. The van der Waals surface area contributed by atoms with Gasteiger partial charge in [-0.25, -0.2) is 4.39 Å². The summed E-state index contributed by atoms with van der Waals surface area (Å²) in [5.41, 5.74) is 7.48. The molecule has 90 valence electrons. The van der Waals surface area contributed by atoms with Crippen LogP contribution in [-0.4, -0.2) is 4.57 Å². The molecule has 0 atom stereocenters. The molecule has 3 rings (SSSR count). The number of benzene rings is 2. The fraction of sp³-hybridized carbons (Fsp3) is 0.0667. The number of nitrogens with zero attached hydrogens (tertiary/aromatic N) is 1. The molecule has 0 saturated heterocycles. The van der Waals surface area contributed by atoms with Crippen molar-refractivity contribution in [2.75, 3.05) is 5.73 Å². The minimum atomic E-state index is -0.324. The van der Waals surface area contributed by atoms with Crippen LogP contribution in [0.3, 0.4) is 0 Å². The Kier molecular flexibility index (Phi) is 2.52. The van der Waals surface area contributed by atoms with Crippen molar-refractivity contribution in [1.29, 1.82) is 0 Å². The summed E-state index contributed by atoms with van der Waals surface area (Å²) in [5, 5.41) is 1.15. The lowest BCUT2D eigenvalue weighted by Crippen LogP contribution is -2.02. The second-order valence-electron chi connectivity index (χ2n) is 4.32. The number of anilines is 1. The predicted molar refractivity (Wildman–Crippen MR) is 71.9 cm³/mol. The smallest absolute Gasteiger partial charge is 0.151 e. The van der Waals surface area contributed by atoms with Gasteiger partial charge < -0.3 is 10.3 Å². The van der Waals surface area contributed by atoms with E-state index < -0.39 is 0 Å². The van der Waals surface area contributed by atoms with Gasteiger partial charge in [-0.05, 0) is 23.6 Å². The van der Waals surface area contributed by atoms with E-state index in [1.807, 2.05) is 41.1 Å². The lowest BCUT2D eigenvalue weighted by molar-refractivity contribution is 0.606. The minimum absolute atomic E-state index is 0.198. The number of fused-ring (bicyclic) bond motifs is 1. The lowest BCUT2D eigenvalue weighted by Gasteiger charge is -2.08. The standard InChI is InChI=1S/C15H13FN2/c16-15-12(5-3-6-13(15)17)10-18-9-8-11-4-1-2-7-14(11)18/h1-9H,10,17H2. The number of nitrogen functional groups attached to an aromatic ring is 1. The van der Waals surface area contributed by atoms with Crippen LogP contribution in [0, 0.1) is 5.82 Å². The first-order chi connectivity index (χ1) is 8.75. The third kappa shape index (κ3) is 1.74. The van der Waals surface area contributed by atoms with Crippen LogP contribution in [0.5, 0.6) is 0 Å². The van der Waals surface area contributed by atoms with Gasteiger partial charge in [-0.1, -0.05) is 30.3 Å². The van der Waals surface area contributed by atoms with Crippen molar-refractivity contribution in [2.24, 2.45) is 0 Å². The summed E-state index contributed by atoms with van der Waals surface area (Å²) in [6.45, 7) is 0.490. The Balaban J connectivity index is 2.04. The quantitative estimate of drug-likeness (QED) is 0.684. The second-order valence-corrected chi connectivity index (χ2v) is 4.32. The largest absolute Gasteiger partial charge is 0.396 e. The van der Waals surface area contributed by atoms with Gasteiger partial charge in [-0.3, -0.25) is 0 Å². The fourth-order valence-electron chi connectivity index (χ4n) is 2.18. The van der Waals surface area contributed by atoms with E-state index in [-0.39, 0.29) is 11.5 Å². The molecule has 0 saturated carbocycles. The van der Waals surface area contributed by atoms with Crippen molar-refractivity contribution in [2.45, 2.75) is 6.54 Å². The molecule has 2 N–H and O–H groups in total. The summed E-state index contributed by atoms with van der Waals surface area (Å²) < 4.78 is 15.9. The Labute approximate surface area is 104 Å². The molecular weight excluding hydrogens is 227 g/mol. The van der Waals surface area contributed by atoms with Gasteiger partial charge in [0, 0.05) is 17.3 Å². The van der Waals surface area contributed by atoms with Crippen LogP contribution in [0.4, 0.5) is 10.1 Å². The molecule has 0 aliphatic heterocycles. The second kappa shape index (κ2) is 4.18. The Morgan fingerprint density at radius 2 is 1.83 bits per heavy atom. The summed E-state index contributed by atoms with van der Waals surface area (Å²) in [4.78, 5) is 0. The van der Waals surface area contributed by atoms with Crippen LogP contribution >= 0.6 is 0 Å². The van der Waals surface area contributed by atoms with Crippen LogP contribution < -0.4 is 5.73 Å². The number of halogens is 1. The van der Waals surface area contributed by atoms with E-state index in [1.54, 1.807) is 18.2 Å². The molecule has 0 radical (unpaired) electrons. The summed E-state index contributed by atoms with van der Waals surface area (Å²) in [5.74, 6) is -0.324. The Hall–Kier alpha value is -2.29. The normalized spacial score (nSPS) is 10.9. The Morgan fingerprint density at radius 1 is 1.00 bits per heavy atom. The number of aromatic nitrogens is 1. The highest BCUT2D eigenvalue weighted by Gasteiger charge is 2.07. The first-order valence-corrected chi connectivity index (χ1v) is 5.82. The van der Waals surface area contributed by atoms with Crippen LogP contribution in [0.1, 0.15) is 5.56 Å². The van der Waals surface area contributed by atoms with Gasteiger partial charge in [0.1, 0.15) is 0 Å². The zero-order valence-corrected chi connectivity index (χ0v) is 9.81. The zero-order chi connectivity index (χ0) is 12.5. The molecular formula is C15H13FN2. The third-order valence-corrected chi connectivity index (χ3v) is 3.13. The first kappa shape index (κ1) is 10.8. The maximum Gasteiger partial charge on any atom is 0.151 e. The van der Waals surface area contributed by atoms with Crippen molar-refractivity contribution in [3.63, 3.8) is 0 Å². The molecule has 0 bridgehead atoms. The summed E-state index contributed by atoms with van der Waals surface area (Å²) in [6, 6.07) is 15.2. The number of hydrogen-bond acceptors (Lipinski definition) is 1. The summed E-state index contributed by atoms with van der Waals surface area (Å²) in [6.07, 6.45) is 1.97. The molecule has 18 heavy (non-hydrogen) atoms. The third-order valence-electron chi connectivity index (χ3n) is 3.13. The average molecular weight is 240 g/mol. The van der Waals surface area contributed by atoms with E-state index in [4.69, 9.17) is 5.73 Å². The van der Waals surface area contributed by atoms with Crippen molar-refractivity contribution in [3.05, 3.63) is 66.1 Å². The molecule has 3 aromatic rings. The number of hydrogen-bond donors (Lipinski definition) is 1.